The van der Waals surface area contributed by atoms with Crippen molar-refractivity contribution in [2.75, 3.05) is 26.2 Å². The van der Waals surface area contributed by atoms with Crippen LogP contribution in [0.4, 0.5) is 0 Å². The highest BCUT2D eigenvalue weighted by atomic mass is 15.0. The third kappa shape index (κ3) is 2.29. The molecule has 1 aliphatic carbocycles. The van der Waals surface area contributed by atoms with Crippen LogP contribution >= 0.6 is 0 Å². The summed E-state index contributed by atoms with van der Waals surface area (Å²) >= 11 is 0. The van der Waals surface area contributed by atoms with Crippen LogP contribution in [-0.4, -0.2) is 26.2 Å². The molecule has 0 aromatic heterocycles. The second kappa shape index (κ2) is 3.82. The summed E-state index contributed by atoms with van der Waals surface area (Å²) in [5.41, 5.74) is 0.633. The topological polar surface area (TPSA) is 24.1 Å². The van der Waals surface area contributed by atoms with Gasteiger partial charge < -0.3 is 10.6 Å². The van der Waals surface area contributed by atoms with Gasteiger partial charge in [0, 0.05) is 0 Å². The van der Waals surface area contributed by atoms with Crippen molar-refractivity contribution in [2.24, 2.45) is 23.2 Å². The van der Waals surface area contributed by atoms with Crippen molar-refractivity contribution in [1.82, 2.24) is 10.6 Å². The molecule has 2 heteroatoms. The third-order valence-electron chi connectivity index (χ3n) is 4.19. The van der Waals surface area contributed by atoms with Crippen molar-refractivity contribution in [1.29, 1.82) is 0 Å². The Hall–Kier alpha value is -0.0800. The van der Waals surface area contributed by atoms with Gasteiger partial charge in [0.25, 0.3) is 0 Å². The average Bonchev–Trinajstić information content (AvgIpc) is 2.55. The minimum absolute atomic E-state index is 0.633. The van der Waals surface area contributed by atoms with E-state index in [2.05, 4.69) is 31.4 Å². The maximum absolute atomic E-state index is 3.62. The molecule has 0 aromatic rings. The largest absolute Gasteiger partial charge is 0.316 e. The Bertz CT molecular complexity index is 196. The fourth-order valence-electron chi connectivity index (χ4n) is 2.29. The van der Waals surface area contributed by atoms with Gasteiger partial charge in [-0.3, -0.25) is 0 Å². The van der Waals surface area contributed by atoms with Crippen LogP contribution in [0.15, 0.2) is 0 Å². The van der Waals surface area contributed by atoms with Crippen LogP contribution in [0, 0.1) is 23.2 Å². The smallest absolute Gasteiger partial charge is 0.000522 e. The van der Waals surface area contributed by atoms with Crippen molar-refractivity contribution in [3.8, 4) is 0 Å². The Morgan fingerprint density at radius 2 is 2.07 bits per heavy atom. The van der Waals surface area contributed by atoms with Crippen LogP contribution in [0.5, 0.6) is 0 Å². The van der Waals surface area contributed by atoms with Crippen LogP contribution in [0.25, 0.3) is 0 Å². The van der Waals surface area contributed by atoms with E-state index < -0.39 is 0 Å². The van der Waals surface area contributed by atoms with Crippen LogP contribution in [-0.2, 0) is 0 Å². The van der Waals surface area contributed by atoms with Crippen molar-refractivity contribution in [2.45, 2.75) is 27.2 Å². The highest BCUT2D eigenvalue weighted by Crippen LogP contribution is 2.50. The first-order valence-corrected chi connectivity index (χ1v) is 6.01. The summed E-state index contributed by atoms with van der Waals surface area (Å²) in [6, 6.07) is 0. The summed E-state index contributed by atoms with van der Waals surface area (Å²) in [5.74, 6) is 2.71. The highest BCUT2D eigenvalue weighted by Gasteiger charge is 2.44. The van der Waals surface area contributed by atoms with Gasteiger partial charge in [0.1, 0.15) is 0 Å². The molecule has 2 atom stereocenters. The lowest BCUT2D eigenvalue weighted by Crippen LogP contribution is -2.47. The second-order valence-electron chi connectivity index (χ2n) is 5.94. The van der Waals surface area contributed by atoms with Gasteiger partial charge >= 0.3 is 0 Å². The molecule has 1 aliphatic heterocycles. The predicted molar refractivity (Wildman–Crippen MR) is 60.3 cm³/mol. The van der Waals surface area contributed by atoms with E-state index in [1.54, 1.807) is 0 Å². The summed E-state index contributed by atoms with van der Waals surface area (Å²) in [7, 11) is 0. The fraction of sp³-hybridized carbons (Fsp3) is 1.00. The van der Waals surface area contributed by atoms with Gasteiger partial charge in [0.2, 0.25) is 0 Å². The van der Waals surface area contributed by atoms with E-state index in [0.29, 0.717) is 5.41 Å². The Kier molecular flexibility index (Phi) is 2.85. The zero-order valence-corrected chi connectivity index (χ0v) is 9.77. The van der Waals surface area contributed by atoms with Crippen LogP contribution in [0.3, 0.4) is 0 Å². The fourth-order valence-corrected chi connectivity index (χ4v) is 2.29. The maximum Gasteiger partial charge on any atom is -0.000522 e. The van der Waals surface area contributed by atoms with Gasteiger partial charge in [-0.15, -0.1) is 0 Å². The van der Waals surface area contributed by atoms with E-state index in [1.165, 1.54) is 32.6 Å². The Morgan fingerprint density at radius 1 is 1.43 bits per heavy atom. The second-order valence-corrected chi connectivity index (χ2v) is 5.94. The molecule has 0 aromatic carbocycles. The Morgan fingerprint density at radius 3 is 2.50 bits per heavy atom. The average molecular weight is 196 g/mol. The molecule has 0 bridgehead atoms. The molecule has 0 amide bonds. The standard InChI is InChI=1S/C12H24N2/c1-9(10-6-14-7-10)5-13-8-11-4-12(11,2)3/h9-11,13-14H,4-8H2,1-3H3. The van der Waals surface area contributed by atoms with Crippen molar-refractivity contribution in [3.63, 3.8) is 0 Å². The first-order chi connectivity index (χ1) is 6.59. The lowest BCUT2D eigenvalue weighted by Gasteiger charge is -2.32. The lowest BCUT2D eigenvalue weighted by molar-refractivity contribution is 0.241. The van der Waals surface area contributed by atoms with Gasteiger partial charge in [0.05, 0.1) is 0 Å². The monoisotopic (exact) mass is 196 g/mol. The van der Waals surface area contributed by atoms with E-state index in [9.17, 15) is 0 Å². The molecular weight excluding hydrogens is 172 g/mol. The normalized spacial score (nSPS) is 32.4. The summed E-state index contributed by atoms with van der Waals surface area (Å²) in [5, 5.41) is 6.96. The third-order valence-corrected chi connectivity index (χ3v) is 4.19. The van der Waals surface area contributed by atoms with Gasteiger partial charge in [-0.05, 0) is 55.8 Å². The molecule has 2 N–H and O–H groups in total. The minimum Gasteiger partial charge on any atom is -0.316 e. The first-order valence-electron chi connectivity index (χ1n) is 6.01. The molecular formula is C12H24N2. The van der Waals surface area contributed by atoms with Gasteiger partial charge in [-0.1, -0.05) is 20.8 Å². The molecule has 2 rings (SSSR count). The van der Waals surface area contributed by atoms with E-state index >= 15 is 0 Å². The van der Waals surface area contributed by atoms with E-state index in [0.717, 1.165) is 17.8 Å². The van der Waals surface area contributed by atoms with Crippen molar-refractivity contribution < 1.29 is 0 Å². The zero-order chi connectivity index (χ0) is 10.2. The molecule has 2 aliphatic rings. The summed E-state index contributed by atoms with van der Waals surface area (Å²) in [4.78, 5) is 0. The highest BCUT2D eigenvalue weighted by molar-refractivity contribution is 4.96. The molecule has 0 spiro atoms. The number of hydrogen-bond acceptors (Lipinski definition) is 2. The van der Waals surface area contributed by atoms with E-state index in [1.807, 2.05) is 0 Å². The maximum atomic E-state index is 3.62. The van der Waals surface area contributed by atoms with E-state index in [4.69, 9.17) is 0 Å². The molecule has 2 fully saturated rings. The SMILES string of the molecule is CC(CNCC1CC1(C)C)C1CNC1. The predicted octanol–water partition coefficient (Wildman–Crippen LogP) is 1.48. The zero-order valence-electron chi connectivity index (χ0n) is 9.77. The van der Waals surface area contributed by atoms with Gasteiger partial charge in [0.15, 0.2) is 0 Å². The molecule has 2 unspecified atom stereocenters. The van der Waals surface area contributed by atoms with Crippen molar-refractivity contribution in [3.05, 3.63) is 0 Å². The molecule has 14 heavy (non-hydrogen) atoms. The van der Waals surface area contributed by atoms with E-state index in [-0.39, 0.29) is 0 Å². The van der Waals surface area contributed by atoms with Crippen LogP contribution < -0.4 is 10.6 Å². The van der Waals surface area contributed by atoms with Crippen LogP contribution in [0.1, 0.15) is 27.2 Å². The molecule has 2 nitrogen and oxygen atoms in total. The van der Waals surface area contributed by atoms with Gasteiger partial charge in [-0.2, -0.15) is 0 Å². The molecule has 82 valence electrons. The molecule has 1 saturated heterocycles. The Balaban J connectivity index is 1.54. The summed E-state index contributed by atoms with van der Waals surface area (Å²) < 4.78 is 0. The summed E-state index contributed by atoms with van der Waals surface area (Å²) in [6.07, 6.45) is 1.42. The first kappa shape index (κ1) is 10.4. The number of hydrogen-bond donors (Lipinski definition) is 2. The molecule has 0 radical (unpaired) electrons. The molecule has 1 saturated carbocycles. The quantitative estimate of drug-likeness (QED) is 0.696. The Labute approximate surface area is 87.8 Å². The van der Waals surface area contributed by atoms with Crippen LogP contribution in [0.2, 0.25) is 0 Å². The number of nitrogens with one attached hydrogen (secondary N) is 2. The van der Waals surface area contributed by atoms with Gasteiger partial charge in [-0.25, -0.2) is 0 Å². The minimum atomic E-state index is 0.633. The molecule has 1 heterocycles. The lowest BCUT2D eigenvalue weighted by atomic mass is 9.89. The number of rotatable bonds is 5. The summed E-state index contributed by atoms with van der Waals surface area (Å²) in [6.45, 7) is 12.0. The van der Waals surface area contributed by atoms with Crippen molar-refractivity contribution >= 4 is 0 Å².